The minimum absolute atomic E-state index is 0.243. The lowest BCUT2D eigenvalue weighted by Gasteiger charge is -2.21. The number of aromatic nitrogens is 2. The summed E-state index contributed by atoms with van der Waals surface area (Å²) in [5, 5.41) is 9.13. The van der Waals surface area contributed by atoms with Crippen molar-refractivity contribution < 1.29 is 13.9 Å². The van der Waals surface area contributed by atoms with Gasteiger partial charge in [0.1, 0.15) is 0 Å². The monoisotopic (exact) mass is 385 g/mol. The van der Waals surface area contributed by atoms with E-state index in [-0.39, 0.29) is 5.97 Å². The first kappa shape index (κ1) is 19.7. The number of hydrogen-bond donors (Lipinski definition) is 0. The number of nitrogens with zero attached hydrogens (tertiary/aromatic N) is 3. The summed E-state index contributed by atoms with van der Waals surface area (Å²) in [5.41, 5.74) is 0.634. The van der Waals surface area contributed by atoms with Gasteiger partial charge in [0.05, 0.1) is 30.7 Å². The molecule has 0 spiro atoms. The molecule has 25 heavy (non-hydrogen) atoms. The van der Waals surface area contributed by atoms with E-state index in [4.69, 9.17) is 32.4 Å². The first-order valence-corrected chi connectivity index (χ1v) is 8.71. The largest absolute Gasteiger partial charge is 0.469 e. The molecule has 1 heterocycles. The van der Waals surface area contributed by atoms with Gasteiger partial charge in [0.15, 0.2) is 0 Å². The fourth-order valence-corrected chi connectivity index (χ4v) is 2.87. The van der Waals surface area contributed by atoms with Gasteiger partial charge in [-0.05, 0) is 24.1 Å². The second-order valence-electron chi connectivity index (χ2n) is 6.08. The molecule has 0 saturated carbocycles. The van der Waals surface area contributed by atoms with Crippen LogP contribution in [0.3, 0.4) is 0 Å². The zero-order chi connectivity index (χ0) is 18.4. The zero-order valence-electron chi connectivity index (χ0n) is 14.5. The van der Waals surface area contributed by atoms with E-state index in [0.29, 0.717) is 52.8 Å². The van der Waals surface area contributed by atoms with Crippen LogP contribution in [0.5, 0.6) is 0 Å². The Bertz CT molecular complexity index is 719. The van der Waals surface area contributed by atoms with Gasteiger partial charge in [0.2, 0.25) is 11.8 Å². The summed E-state index contributed by atoms with van der Waals surface area (Å²) >= 11 is 12.1. The van der Waals surface area contributed by atoms with Crippen molar-refractivity contribution in [2.75, 3.05) is 20.2 Å². The summed E-state index contributed by atoms with van der Waals surface area (Å²) < 4.78 is 10.4. The van der Waals surface area contributed by atoms with E-state index in [9.17, 15) is 4.79 Å². The van der Waals surface area contributed by atoms with E-state index in [2.05, 4.69) is 28.9 Å². The van der Waals surface area contributed by atoms with Crippen molar-refractivity contribution in [3.05, 3.63) is 34.1 Å². The van der Waals surface area contributed by atoms with Crippen molar-refractivity contribution in [2.24, 2.45) is 5.92 Å². The molecule has 0 aliphatic carbocycles. The molecular formula is C17H21Cl2N3O3. The lowest BCUT2D eigenvalue weighted by atomic mass is 10.2. The molecule has 1 aromatic carbocycles. The highest BCUT2D eigenvalue weighted by Crippen LogP contribution is 2.29. The molecule has 0 atom stereocenters. The van der Waals surface area contributed by atoms with Gasteiger partial charge in [0, 0.05) is 18.1 Å². The molecule has 0 N–H and O–H groups in total. The average Bonchev–Trinajstić information content (AvgIpc) is 2.99. The number of carbonyl (C=O) groups is 1. The molecular weight excluding hydrogens is 365 g/mol. The predicted molar refractivity (Wildman–Crippen MR) is 96.5 cm³/mol. The highest BCUT2D eigenvalue weighted by atomic mass is 35.5. The van der Waals surface area contributed by atoms with Crippen LogP contribution in [0.15, 0.2) is 22.6 Å². The first-order valence-electron chi connectivity index (χ1n) is 7.96. The Morgan fingerprint density at radius 3 is 2.72 bits per heavy atom. The van der Waals surface area contributed by atoms with Crippen LogP contribution >= 0.6 is 23.2 Å². The Balaban J connectivity index is 2.09. The second-order valence-corrected chi connectivity index (χ2v) is 6.92. The summed E-state index contributed by atoms with van der Waals surface area (Å²) in [6.45, 7) is 6.03. The number of benzene rings is 1. The highest BCUT2D eigenvalue weighted by molar-refractivity contribution is 6.36. The number of ether oxygens (including phenoxy) is 1. The molecule has 0 unspecified atom stereocenters. The highest BCUT2D eigenvalue weighted by Gasteiger charge is 2.17. The molecule has 8 heteroatoms. The Kier molecular flexibility index (Phi) is 7.23. The van der Waals surface area contributed by atoms with Crippen LogP contribution < -0.4 is 0 Å². The fraction of sp³-hybridized carbons (Fsp3) is 0.471. The first-order chi connectivity index (χ1) is 11.9. The van der Waals surface area contributed by atoms with Crippen LogP contribution in [0.2, 0.25) is 10.0 Å². The molecule has 2 aromatic rings. The van der Waals surface area contributed by atoms with Gasteiger partial charge >= 0.3 is 5.97 Å². The average molecular weight is 386 g/mol. The Labute approximate surface area is 157 Å². The van der Waals surface area contributed by atoms with Gasteiger partial charge in [-0.2, -0.15) is 0 Å². The molecule has 0 saturated heterocycles. The van der Waals surface area contributed by atoms with Gasteiger partial charge in [-0.1, -0.05) is 37.0 Å². The van der Waals surface area contributed by atoms with Crippen molar-refractivity contribution in [3.63, 3.8) is 0 Å². The van der Waals surface area contributed by atoms with Gasteiger partial charge in [-0.25, -0.2) is 0 Å². The summed E-state index contributed by atoms with van der Waals surface area (Å²) in [7, 11) is 1.38. The van der Waals surface area contributed by atoms with Crippen molar-refractivity contribution >= 4 is 29.2 Å². The molecule has 2 rings (SSSR count). The SMILES string of the molecule is COC(=O)CCN(Cc1nnc(-c2ccc(Cl)cc2Cl)o1)CC(C)C. The van der Waals surface area contributed by atoms with Crippen molar-refractivity contribution in [1.82, 2.24) is 15.1 Å². The molecule has 0 fully saturated rings. The van der Waals surface area contributed by atoms with Crippen molar-refractivity contribution in [1.29, 1.82) is 0 Å². The maximum absolute atomic E-state index is 11.4. The Morgan fingerprint density at radius 1 is 1.32 bits per heavy atom. The van der Waals surface area contributed by atoms with Crippen LogP contribution in [-0.2, 0) is 16.1 Å². The van der Waals surface area contributed by atoms with E-state index in [0.717, 1.165) is 6.54 Å². The summed E-state index contributed by atoms with van der Waals surface area (Å²) in [6, 6.07) is 5.09. The second kappa shape index (κ2) is 9.17. The van der Waals surface area contributed by atoms with Crippen LogP contribution in [-0.4, -0.2) is 41.3 Å². The van der Waals surface area contributed by atoms with Crippen LogP contribution in [0.4, 0.5) is 0 Å². The number of hydrogen-bond acceptors (Lipinski definition) is 6. The standard InChI is InChI=1S/C17H21Cl2N3O3/c1-11(2)9-22(7-6-16(23)24-3)10-15-20-21-17(25-15)13-5-4-12(18)8-14(13)19/h4-5,8,11H,6-7,9-10H2,1-3H3. The lowest BCUT2D eigenvalue weighted by Crippen LogP contribution is -2.30. The smallest absolute Gasteiger partial charge is 0.306 e. The molecule has 6 nitrogen and oxygen atoms in total. The molecule has 0 aliphatic heterocycles. The van der Waals surface area contributed by atoms with E-state index in [1.54, 1.807) is 18.2 Å². The third-order valence-corrected chi connectivity index (χ3v) is 4.02. The summed E-state index contributed by atoms with van der Waals surface area (Å²) in [5.74, 6) is 0.999. The molecule has 1 aromatic heterocycles. The molecule has 0 radical (unpaired) electrons. The molecule has 136 valence electrons. The molecule has 0 bridgehead atoms. The Hall–Kier alpha value is -1.63. The number of methoxy groups -OCH3 is 1. The maximum Gasteiger partial charge on any atom is 0.306 e. The normalized spacial score (nSPS) is 11.3. The lowest BCUT2D eigenvalue weighted by molar-refractivity contribution is -0.141. The summed E-state index contributed by atoms with van der Waals surface area (Å²) in [6.07, 6.45) is 0.313. The van der Waals surface area contributed by atoms with E-state index in [1.165, 1.54) is 7.11 Å². The fourth-order valence-electron chi connectivity index (χ4n) is 2.38. The Morgan fingerprint density at radius 2 is 2.08 bits per heavy atom. The number of rotatable bonds is 8. The zero-order valence-corrected chi connectivity index (χ0v) is 16.0. The topological polar surface area (TPSA) is 68.5 Å². The van der Waals surface area contributed by atoms with Crippen LogP contribution in [0, 0.1) is 5.92 Å². The van der Waals surface area contributed by atoms with Gasteiger partial charge in [-0.15, -0.1) is 10.2 Å². The van der Waals surface area contributed by atoms with E-state index < -0.39 is 0 Å². The minimum atomic E-state index is -0.243. The predicted octanol–water partition coefficient (Wildman–Crippen LogP) is 4.06. The molecule has 0 aliphatic rings. The molecule has 0 amide bonds. The van der Waals surface area contributed by atoms with Gasteiger partial charge in [-0.3, -0.25) is 9.69 Å². The van der Waals surface area contributed by atoms with Crippen LogP contribution in [0.1, 0.15) is 26.2 Å². The number of carbonyl (C=O) groups excluding carboxylic acids is 1. The van der Waals surface area contributed by atoms with Gasteiger partial charge < -0.3 is 9.15 Å². The van der Waals surface area contributed by atoms with Crippen molar-refractivity contribution in [3.8, 4) is 11.5 Å². The van der Waals surface area contributed by atoms with Crippen molar-refractivity contribution in [2.45, 2.75) is 26.8 Å². The van der Waals surface area contributed by atoms with Crippen LogP contribution in [0.25, 0.3) is 11.5 Å². The van der Waals surface area contributed by atoms with E-state index in [1.807, 2.05) is 0 Å². The third kappa shape index (κ3) is 5.99. The van der Waals surface area contributed by atoms with E-state index >= 15 is 0 Å². The van der Waals surface area contributed by atoms with Gasteiger partial charge in [0.25, 0.3) is 0 Å². The third-order valence-electron chi connectivity index (χ3n) is 3.47. The quantitative estimate of drug-likeness (QED) is 0.638. The maximum atomic E-state index is 11.4. The number of halogens is 2. The minimum Gasteiger partial charge on any atom is -0.469 e. The number of esters is 1. The summed E-state index contributed by atoms with van der Waals surface area (Å²) in [4.78, 5) is 13.5.